The molecule has 0 amide bonds. The van der Waals surface area contributed by atoms with Gasteiger partial charge in [-0.25, -0.2) is 0 Å². The molecule has 0 unspecified atom stereocenters. The number of nitrogens with zero attached hydrogens (tertiary/aromatic N) is 3. The average molecular weight is 282 g/mol. The predicted molar refractivity (Wildman–Crippen MR) is 88.1 cm³/mol. The molecule has 0 bridgehead atoms. The maximum Gasteiger partial charge on any atom is 0.191 e. The highest BCUT2D eigenvalue weighted by molar-refractivity contribution is 5.78. The summed E-state index contributed by atoms with van der Waals surface area (Å²) in [6.45, 7) is 15.4. The van der Waals surface area contributed by atoms with Crippen molar-refractivity contribution < 1.29 is 0 Å². The van der Waals surface area contributed by atoms with Crippen LogP contribution in [0, 0.1) is 5.92 Å². The fraction of sp³-hybridized carbons (Fsp3) is 0.938. The van der Waals surface area contributed by atoms with Crippen LogP contribution < -0.4 is 5.73 Å². The Morgan fingerprint density at radius 2 is 1.75 bits per heavy atom. The van der Waals surface area contributed by atoms with Crippen molar-refractivity contribution in [2.24, 2.45) is 16.6 Å². The maximum absolute atomic E-state index is 6.09. The van der Waals surface area contributed by atoms with Crippen LogP contribution in [-0.2, 0) is 0 Å². The van der Waals surface area contributed by atoms with Gasteiger partial charge in [0.1, 0.15) is 0 Å². The third kappa shape index (κ3) is 5.70. The zero-order chi connectivity index (χ0) is 15.1. The molecule has 0 radical (unpaired) electrons. The van der Waals surface area contributed by atoms with Gasteiger partial charge in [-0.1, -0.05) is 6.92 Å². The highest BCUT2D eigenvalue weighted by Gasteiger charge is 2.17. The van der Waals surface area contributed by atoms with Crippen molar-refractivity contribution in [2.45, 2.75) is 66.0 Å². The standard InChI is InChI=1S/C16H34N4/c1-13(2)20(14(3)4)10-6-9-18-16(17)19-11-7-15(5)8-12-19/h13-15H,6-12H2,1-5H3,(H2,17,18). The highest BCUT2D eigenvalue weighted by atomic mass is 15.3. The summed E-state index contributed by atoms with van der Waals surface area (Å²) in [6.07, 6.45) is 3.57. The number of likely N-dealkylation sites (tertiary alicyclic amines) is 1. The Morgan fingerprint density at radius 1 is 1.20 bits per heavy atom. The van der Waals surface area contributed by atoms with Crippen molar-refractivity contribution in [3.8, 4) is 0 Å². The summed E-state index contributed by atoms with van der Waals surface area (Å²) in [5.74, 6) is 1.59. The van der Waals surface area contributed by atoms with E-state index in [2.05, 4.69) is 49.4 Å². The van der Waals surface area contributed by atoms with Crippen LogP contribution in [0.3, 0.4) is 0 Å². The number of aliphatic imine (C=N–C) groups is 1. The minimum atomic E-state index is 0.597. The first kappa shape index (κ1) is 17.3. The second kappa shape index (κ2) is 8.50. The Kier molecular flexibility index (Phi) is 7.35. The fourth-order valence-corrected chi connectivity index (χ4v) is 2.90. The molecule has 4 nitrogen and oxygen atoms in total. The van der Waals surface area contributed by atoms with Crippen LogP contribution in [0.5, 0.6) is 0 Å². The van der Waals surface area contributed by atoms with E-state index < -0.39 is 0 Å². The van der Waals surface area contributed by atoms with Gasteiger partial charge in [-0.3, -0.25) is 9.89 Å². The summed E-state index contributed by atoms with van der Waals surface area (Å²) in [6, 6.07) is 1.19. The first-order valence-electron chi connectivity index (χ1n) is 8.22. The van der Waals surface area contributed by atoms with Gasteiger partial charge in [-0.15, -0.1) is 0 Å². The molecule has 0 aromatic carbocycles. The van der Waals surface area contributed by atoms with Crippen LogP contribution in [-0.4, -0.2) is 54.0 Å². The number of nitrogens with two attached hydrogens (primary N) is 1. The molecule has 1 saturated heterocycles. The van der Waals surface area contributed by atoms with E-state index in [0.29, 0.717) is 12.1 Å². The molecule has 1 rings (SSSR count). The molecule has 0 aliphatic carbocycles. The van der Waals surface area contributed by atoms with Gasteiger partial charge in [0.2, 0.25) is 0 Å². The molecule has 118 valence electrons. The summed E-state index contributed by atoms with van der Waals surface area (Å²) >= 11 is 0. The Bertz CT molecular complexity index is 283. The van der Waals surface area contributed by atoms with Gasteiger partial charge in [0.05, 0.1) is 0 Å². The fourth-order valence-electron chi connectivity index (χ4n) is 2.90. The van der Waals surface area contributed by atoms with Gasteiger partial charge in [-0.2, -0.15) is 0 Å². The van der Waals surface area contributed by atoms with Crippen LogP contribution in [0.25, 0.3) is 0 Å². The van der Waals surface area contributed by atoms with Gasteiger partial charge in [0, 0.05) is 38.3 Å². The van der Waals surface area contributed by atoms with Crippen LogP contribution in [0.2, 0.25) is 0 Å². The first-order chi connectivity index (χ1) is 9.41. The van der Waals surface area contributed by atoms with E-state index in [9.17, 15) is 0 Å². The minimum absolute atomic E-state index is 0.597. The minimum Gasteiger partial charge on any atom is -0.370 e. The molecule has 0 spiro atoms. The van der Waals surface area contributed by atoms with Crippen molar-refractivity contribution in [3.63, 3.8) is 0 Å². The largest absolute Gasteiger partial charge is 0.370 e. The number of hydrogen-bond donors (Lipinski definition) is 1. The smallest absolute Gasteiger partial charge is 0.191 e. The zero-order valence-corrected chi connectivity index (χ0v) is 14.1. The molecule has 1 fully saturated rings. The lowest BCUT2D eigenvalue weighted by atomic mass is 10.00. The number of guanidine groups is 1. The number of piperidine rings is 1. The zero-order valence-electron chi connectivity index (χ0n) is 14.1. The van der Waals surface area contributed by atoms with E-state index >= 15 is 0 Å². The normalized spacial score (nSPS) is 18.6. The molecule has 1 heterocycles. The summed E-state index contributed by atoms with van der Waals surface area (Å²) < 4.78 is 0. The van der Waals surface area contributed by atoms with Crippen molar-refractivity contribution in [1.29, 1.82) is 0 Å². The monoisotopic (exact) mass is 282 g/mol. The van der Waals surface area contributed by atoms with Gasteiger partial charge >= 0.3 is 0 Å². The average Bonchev–Trinajstić information content (AvgIpc) is 2.38. The molecule has 0 aromatic rings. The van der Waals surface area contributed by atoms with Crippen LogP contribution in [0.4, 0.5) is 0 Å². The summed E-state index contributed by atoms with van der Waals surface area (Å²) in [7, 11) is 0. The van der Waals surface area contributed by atoms with E-state index in [4.69, 9.17) is 5.73 Å². The molecule has 2 N–H and O–H groups in total. The topological polar surface area (TPSA) is 44.9 Å². The Morgan fingerprint density at radius 3 is 2.25 bits per heavy atom. The molecule has 20 heavy (non-hydrogen) atoms. The molecule has 1 aliphatic heterocycles. The lowest BCUT2D eigenvalue weighted by Crippen LogP contribution is -2.42. The summed E-state index contributed by atoms with van der Waals surface area (Å²) in [5.41, 5.74) is 6.09. The lowest BCUT2D eigenvalue weighted by molar-refractivity contribution is 0.174. The van der Waals surface area contributed by atoms with Crippen molar-refractivity contribution in [3.05, 3.63) is 0 Å². The van der Waals surface area contributed by atoms with E-state index in [-0.39, 0.29) is 0 Å². The van der Waals surface area contributed by atoms with E-state index in [1.165, 1.54) is 12.8 Å². The number of rotatable bonds is 6. The molecular formula is C16H34N4. The molecular weight excluding hydrogens is 248 g/mol. The summed E-state index contributed by atoms with van der Waals surface area (Å²) in [4.78, 5) is 9.30. The Balaban J connectivity index is 2.29. The van der Waals surface area contributed by atoms with Crippen molar-refractivity contribution in [1.82, 2.24) is 9.80 Å². The van der Waals surface area contributed by atoms with Gasteiger partial charge < -0.3 is 10.6 Å². The third-order valence-electron chi connectivity index (χ3n) is 4.28. The van der Waals surface area contributed by atoms with Crippen molar-refractivity contribution >= 4 is 5.96 Å². The Hall–Kier alpha value is -0.770. The molecule has 0 atom stereocenters. The van der Waals surface area contributed by atoms with Crippen LogP contribution >= 0.6 is 0 Å². The van der Waals surface area contributed by atoms with E-state index in [1.807, 2.05) is 0 Å². The highest BCUT2D eigenvalue weighted by Crippen LogP contribution is 2.15. The predicted octanol–water partition coefficient (Wildman–Crippen LogP) is 2.54. The molecule has 0 saturated carbocycles. The van der Waals surface area contributed by atoms with Gasteiger partial charge in [0.15, 0.2) is 5.96 Å². The quantitative estimate of drug-likeness (QED) is 0.462. The number of hydrogen-bond acceptors (Lipinski definition) is 2. The first-order valence-corrected chi connectivity index (χ1v) is 8.22. The SMILES string of the molecule is CC1CCN(C(N)=NCCCN(C(C)C)C(C)C)CC1. The molecule has 1 aliphatic rings. The van der Waals surface area contributed by atoms with E-state index in [0.717, 1.165) is 44.5 Å². The second-order valence-corrected chi connectivity index (χ2v) is 6.69. The van der Waals surface area contributed by atoms with Gasteiger partial charge in [0.25, 0.3) is 0 Å². The second-order valence-electron chi connectivity index (χ2n) is 6.69. The van der Waals surface area contributed by atoms with Crippen LogP contribution in [0.1, 0.15) is 53.9 Å². The Labute approximate surface area is 125 Å². The van der Waals surface area contributed by atoms with E-state index in [1.54, 1.807) is 0 Å². The lowest BCUT2D eigenvalue weighted by Gasteiger charge is -2.31. The van der Waals surface area contributed by atoms with Crippen LogP contribution in [0.15, 0.2) is 4.99 Å². The third-order valence-corrected chi connectivity index (χ3v) is 4.28. The van der Waals surface area contributed by atoms with Gasteiger partial charge in [-0.05, 0) is 52.9 Å². The maximum atomic E-state index is 6.09. The molecule has 0 aromatic heterocycles. The van der Waals surface area contributed by atoms with Crippen molar-refractivity contribution in [2.75, 3.05) is 26.2 Å². The molecule has 4 heteroatoms. The summed E-state index contributed by atoms with van der Waals surface area (Å²) in [5, 5.41) is 0.